The van der Waals surface area contributed by atoms with Gasteiger partial charge in [0.1, 0.15) is 5.82 Å². The molecule has 2 nitrogen and oxygen atoms in total. The molecule has 1 atom stereocenters. The normalized spacial score (nSPS) is 23.4. The summed E-state index contributed by atoms with van der Waals surface area (Å²) in [5.74, 6) is 0.520. The first-order valence-electron chi connectivity index (χ1n) is 5.81. The predicted molar refractivity (Wildman–Crippen MR) is 65.1 cm³/mol. The molecule has 0 aromatic heterocycles. The molecule has 1 aliphatic rings. The molecule has 1 saturated carbocycles. The van der Waals surface area contributed by atoms with Gasteiger partial charge in [0.15, 0.2) is 0 Å². The van der Waals surface area contributed by atoms with E-state index in [9.17, 15) is 4.39 Å². The Kier molecular flexibility index (Phi) is 3.54. The van der Waals surface area contributed by atoms with Crippen LogP contribution in [0.5, 0.6) is 0 Å². The summed E-state index contributed by atoms with van der Waals surface area (Å²) in [5, 5.41) is 4.38. The van der Waals surface area contributed by atoms with Crippen LogP contribution in [0.15, 0.2) is 29.4 Å². The third-order valence-electron chi connectivity index (χ3n) is 2.93. The Morgan fingerprint density at radius 1 is 1.31 bits per heavy atom. The molecule has 0 radical (unpaired) electrons. The standard InChI is InChI=1S/C13H17FN2/c1-10-3-2-4-13(9-10)16-15-12-7-5-11(14)6-8-12/h5-8,10,15H,2-4,9H2,1H3/b16-13-/t10-/m0/s1. The van der Waals surface area contributed by atoms with Gasteiger partial charge < -0.3 is 0 Å². The van der Waals surface area contributed by atoms with Gasteiger partial charge in [0.2, 0.25) is 0 Å². The van der Waals surface area contributed by atoms with E-state index in [1.54, 1.807) is 12.1 Å². The van der Waals surface area contributed by atoms with Crippen LogP contribution in [0, 0.1) is 11.7 Å². The van der Waals surface area contributed by atoms with Gasteiger partial charge in [0.25, 0.3) is 0 Å². The van der Waals surface area contributed by atoms with Crippen LogP contribution in [0.2, 0.25) is 0 Å². The summed E-state index contributed by atoms with van der Waals surface area (Å²) in [6, 6.07) is 6.27. The number of benzene rings is 1. The number of nitrogens with zero attached hydrogens (tertiary/aromatic N) is 1. The molecule has 0 amide bonds. The third-order valence-corrected chi connectivity index (χ3v) is 2.93. The zero-order chi connectivity index (χ0) is 11.4. The zero-order valence-electron chi connectivity index (χ0n) is 9.54. The Hall–Kier alpha value is -1.38. The molecule has 0 saturated heterocycles. The van der Waals surface area contributed by atoms with E-state index < -0.39 is 0 Å². The number of hydrogen-bond donors (Lipinski definition) is 1. The van der Waals surface area contributed by atoms with Gasteiger partial charge in [0.05, 0.1) is 5.69 Å². The topological polar surface area (TPSA) is 24.4 Å². The number of rotatable bonds is 2. The minimum Gasteiger partial charge on any atom is -0.279 e. The number of halogens is 1. The monoisotopic (exact) mass is 220 g/mol. The summed E-state index contributed by atoms with van der Waals surface area (Å²) in [7, 11) is 0. The lowest BCUT2D eigenvalue weighted by atomic mass is 9.89. The van der Waals surface area contributed by atoms with Crippen LogP contribution in [0.4, 0.5) is 10.1 Å². The van der Waals surface area contributed by atoms with Crippen molar-refractivity contribution in [2.75, 3.05) is 5.43 Å². The Morgan fingerprint density at radius 2 is 2.06 bits per heavy atom. The average molecular weight is 220 g/mol. The molecule has 0 unspecified atom stereocenters. The lowest BCUT2D eigenvalue weighted by Crippen LogP contribution is -2.13. The molecule has 2 rings (SSSR count). The van der Waals surface area contributed by atoms with Crippen LogP contribution < -0.4 is 5.43 Å². The maximum atomic E-state index is 12.7. The van der Waals surface area contributed by atoms with E-state index in [2.05, 4.69) is 17.5 Å². The smallest absolute Gasteiger partial charge is 0.123 e. The summed E-state index contributed by atoms with van der Waals surface area (Å²) in [6.07, 6.45) is 4.69. The average Bonchev–Trinajstić information content (AvgIpc) is 2.28. The van der Waals surface area contributed by atoms with Crippen molar-refractivity contribution >= 4 is 11.4 Å². The fourth-order valence-electron chi connectivity index (χ4n) is 2.03. The van der Waals surface area contributed by atoms with Crippen LogP contribution in [0.25, 0.3) is 0 Å². The molecule has 16 heavy (non-hydrogen) atoms. The molecular formula is C13H17FN2. The zero-order valence-corrected chi connectivity index (χ0v) is 9.54. The molecule has 1 N–H and O–H groups in total. The van der Waals surface area contributed by atoms with E-state index in [4.69, 9.17) is 0 Å². The predicted octanol–water partition coefficient (Wildman–Crippen LogP) is 3.80. The Labute approximate surface area is 95.6 Å². The van der Waals surface area contributed by atoms with Gasteiger partial charge in [-0.1, -0.05) is 6.92 Å². The minimum absolute atomic E-state index is 0.218. The second kappa shape index (κ2) is 5.10. The summed E-state index contributed by atoms with van der Waals surface area (Å²) in [4.78, 5) is 0. The maximum Gasteiger partial charge on any atom is 0.123 e. The summed E-state index contributed by atoms with van der Waals surface area (Å²) in [6.45, 7) is 2.26. The first kappa shape index (κ1) is 11.1. The van der Waals surface area contributed by atoms with Crippen LogP contribution >= 0.6 is 0 Å². The largest absolute Gasteiger partial charge is 0.279 e. The van der Waals surface area contributed by atoms with Crippen molar-refractivity contribution in [3.8, 4) is 0 Å². The highest BCUT2D eigenvalue weighted by molar-refractivity contribution is 5.85. The Balaban J connectivity index is 1.95. The molecule has 0 spiro atoms. The Morgan fingerprint density at radius 3 is 2.75 bits per heavy atom. The summed E-state index contributed by atoms with van der Waals surface area (Å²) >= 11 is 0. The highest BCUT2D eigenvalue weighted by atomic mass is 19.1. The van der Waals surface area contributed by atoms with Gasteiger partial charge in [-0.15, -0.1) is 0 Å². The van der Waals surface area contributed by atoms with Crippen molar-refractivity contribution < 1.29 is 4.39 Å². The van der Waals surface area contributed by atoms with E-state index in [1.165, 1.54) is 30.7 Å². The second-order valence-electron chi connectivity index (χ2n) is 4.50. The second-order valence-corrected chi connectivity index (χ2v) is 4.50. The quantitative estimate of drug-likeness (QED) is 0.753. The van der Waals surface area contributed by atoms with Gasteiger partial charge >= 0.3 is 0 Å². The molecule has 0 heterocycles. The number of anilines is 1. The number of hydrazone groups is 1. The summed E-state index contributed by atoms with van der Waals surface area (Å²) in [5.41, 5.74) is 5.05. The molecule has 0 aliphatic heterocycles. The molecule has 0 bridgehead atoms. The Bertz CT molecular complexity index is 370. The van der Waals surface area contributed by atoms with E-state index in [0.29, 0.717) is 0 Å². The lowest BCUT2D eigenvalue weighted by molar-refractivity contribution is 0.500. The van der Waals surface area contributed by atoms with Crippen LogP contribution in [-0.4, -0.2) is 5.71 Å². The number of nitrogens with one attached hydrogen (secondary N) is 1. The van der Waals surface area contributed by atoms with Gasteiger partial charge in [-0.3, -0.25) is 5.43 Å². The van der Waals surface area contributed by atoms with Gasteiger partial charge in [0, 0.05) is 5.71 Å². The van der Waals surface area contributed by atoms with Gasteiger partial charge in [-0.05, 0) is 55.9 Å². The SMILES string of the molecule is C[C@H]1CCC/C(=N/Nc2ccc(F)cc2)C1. The van der Waals surface area contributed by atoms with Crippen molar-refractivity contribution in [2.24, 2.45) is 11.0 Å². The molecular weight excluding hydrogens is 203 g/mol. The van der Waals surface area contributed by atoms with Crippen molar-refractivity contribution in [3.63, 3.8) is 0 Å². The minimum atomic E-state index is -0.218. The highest BCUT2D eigenvalue weighted by Crippen LogP contribution is 2.21. The van der Waals surface area contributed by atoms with Crippen LogP contribution in [0.3, 0.4) is 0 Å². The third kappa shape index (κ3) is 3.05. The van der Waals surface area contributed by atoms with Crippen LogP contribution in [0.1, 0.15) is 32.6 Å². The highest BCUT2D eigenvalue weighted by Gasteiger charge is 2.13. The van der Waals surface area contributed by atoms with E-state index in [1.807, 2.05) is 0 Å². The van der Waals surface area contributed by atoms with Crippen molar-refractivity contribution in [1.82, 2.24) is 0 Å². The molecule has 86 valence electrons. The van der Waals surface area contributed by atoms with Crippen molar-refractivity contribution in [1.29, 1.82) is 0 Å². The van der Waals surface area contributed by atoms with Crippen molar-refractivity contribution in [3.05, 3.63) is 30.1 Å². The molecule has 1 aromatic rings. The van der Waals surface area contributed by atoms with Crippen molar-refractivity contribution in [2.45, 2.75) is 32.6 Å². The molecule has 1 aliphatic carbocycles. The van der Waals surface area contributed by atoms with Gasteiger partial charge in [-0.2, -0.15) is 5.10 Å². The van der Waals surface area contributed by atoms with E-state index in [0.717, 1.165) is 24.4 Å². The van der Waals surface area contributed by atoms with Gasteiger partial charge in [-0.25, -0.2) is 4.39 Å². The van der Waals surface area contributed by atoms with E-state index >= 15 is 0 Å². The fraction of sp³-hybridized carbons (Fsp3) is 0.462. The molecule has 1 fully saturated rings. The first-order chi connectivity index (χ1) is 7.74. The lowest BCUT2D eigenvalue weighted by Gasteiger charge is -2.19. The maximum absolute atomic E-state index is 12.7. The summed E-state index contributed by atoms with van der Waals surface area (Å²) < 4.78 is 12.7. The fourth-order valence-corrected chi connectivity index (χ4v) is 2.03. The first-order valence-corrected chi connectivity index (χ1v) is 5.81. The molecule has 1 aromatic carbocycles. The molecule has 3 heteroatoms. The van der Waals surface area contributed by atoms with E-state index in [-0.39, 0.29) is 5.82 Å². The van der Waals surface area contributed by atoms with Crippen LogP contribution in [-0.2, 0) is 0 Å². The number of hydrogen-bond acceptors (Lipinski definition) is 2.